The first-order valence-corrected chi connectivity index (χ1v) is 4.50. The minimum absolute atomic E-state index is 0.859. The van der Waals surface area contributed by atoms with Crippen molar-refractivity contribution in [1.29, 1.82) is 0 Å². The Labute approximate surface area is 74.3 Å². The Morgan fingerprint density at radius 3 is 3.27 bits per heavy atom. The van der Waals surface area contributed by atoms with Gasteiger partial charge in [0.2, 0.25) is 0 Å². The number of nitrogens with zero attached hydrogens (tertiary/aromatic N) is 1. The molecule has 0 aromatic carbocycles. The summed E-state index contributed by atoms with van der Waals surface area (Å²) in [5.41, 5.74) is 1.32. The zero-order valence-corrected chi connectivity index (χ0v) is 8.02. The van der Waals surface area contributed by atoms with Crippen molar-refractivity contribution in [3.63, 3.8) is 0 Å². The van der Waals surface area contributed by atoms with Gasteiger partial charge in [-0.05, 0) is 29.0 Å². The van der Waals surface area contributed by atoms with Gasteiger partial charge in [-0.3, -0.25) is 0 Å². The summed E-state index contributed by atoms with van der Waals surface area (Å²) >= 11 is 3.33. The Kier molecular flexibility index (Phi) is 1.77. The number of fused-ring (bicyclic) bond motifs is 1. The van der Waals surface area contributed by atoms with Gasteiger partial charge in [-0.15, -0.1) is 0 Å². The van der Waals surface area contributed by atoms with Crippen LogP contribution < -0.4 is 0 Å². The lowest BCUT2D eigenvalue weighted by Gasteiger charge is -2.20. The molecule has 0 amide bonds. The molecule has 3 heteroatoms. The molecule has 2 heterocycles. The van der Waals surface area contributed by atoms with Crippen LogP contribution in [0.5, 0.6) is 0 Å². The van der Waals surface area contributed by atoms with Crippen molar-refractivity contribution in [3.8, 4) is 0 Å². The highest BCUT2D eigenvalue weighted by Gasteiger charge is 2.16. The summed E-state index contributed by atoms with van der Waals surface area (Å²) in [7, 11) is 2.13. The summed E-state index contributed by atoms with van der Waals surface area (Å²) < 4.78 is 6.30. The van der Waals surface area contributed by atoms with E-state index in [1.54, 1.807) is 0 Å². The lowest BCUT2D eigenvalue weighted by molar-refractivity contribution is 0.292. The maximum absolute atomic E-state index is 5.44. The number of likely N-dealkylation sites (N-methyl/N-ethyl adjacent to an activating group) is 1. The first-order valence-electron chi connectivity index (χ1n) is 3.71. The Balaban J connectivity index is 2.34. The highest BCUT2D eigenvalue weighted by Crippen LogP contribution is 2.24. The second-order valence-electron chi connectivity index (χ2n) is 2.99. The molecule has 2 nitrogen and oxygen atoms in total. The van der Waals surface area contributed by atoms with E-state index in [1.165, 1.54) is 5.56 Å². The molecular weight excluding hydrogens is 206 g/mol. The quantitative estimate of drug-likeness (QED) is 0.659. The van der Waals surface area contributed by atoms with Crippen molar-refractivity contribution < 1.29 is 4.42 Å². The molecule has 0 atom stereocenters. The van der Waals surface area contributed by atoms with Gasteiger partial charge in [-0.2, -0.15) is 0 Å². The third-order valence-corrected chi connectivity index (χ3v) is 2.42. The molecule has 11 heavy (non-hydrogen) atoms. The highest BCUT2D eigenvalue weighted by atomic mass is 79.9. The minimum atomic E-state index is 0.859. The van der Waals surface area contributed by atoms with Gasteiger partial charge in [0.05, 0.1) is 0 Å². The molecular formula is C8H10BrNO. The molecule has 2 rings (SSSR count). The van der Waals surface area contributed by atoms with Crippen molar-refractivity contribution in [2.45, 2.75) is 13.0 Å². The van der Waals surface area contributed by atoms with Crippen LogP contribution >= 0.6 is 15.9 Å². The smallest absolute Gasteiger partial charge is 0.169 e. The van der Waals surface area contributed by atoms with Crippen LogP contribution in [0.1, 0.15) is 11.3 Å². The molecule has 60 valence electrons. The van der Waals surface area contributed by atoms with E-state index in [9.17, 15) is 0 Å². The summed E-state index contributed by atoms with van der Waals surface area (Å²) in [6.07, 6.45) is 1.04. The fourth-order valence-electron chi connectivity index (χ4n) is 1.44. The zero-order valence-electron chi connectivity index (χ0n) is 6.43. The van der Waals surface area contributed by atoms with E-state index < -0.39 is 0 Å². The minimum Gasteiger partial charge on any atom is -0.454 e. The Morgan fingerprint density at radius 1 is 1.64 bits per heavy atom. The van der Waals surface area contributed by atoms with Crippen molar-refractivity contribution in [3.05, 3.63) is 22.1 Å². The molecule has 1 aliphatic heterocycles. The Bertz CT molecular complexity index is 269. The van der Waals surface area contributed by atoms with Crippen LogP contribution in [0, 0.1) is 0 Å². The van der Waals surface area contributed by atoms with Gasteiger partial charge in [0.15, 0.2) is 4.67 Å². The van der Waals surface area contributed by atoms with Crippen molar-refractivity contribution in [2.24, 2.45) is 0 Å². The fourth-order valence-corrected chi connectivity index (χ4v) is 1.91. The van der Waals surface area contributed by atoms with E-state index >= 15 is 0 Å². The average molecular weight is 216 g/mol. The molecule has 0 aliphatic carbocycles. The monoisotopic (exact) mass is 215 g/mol. The molecule has 0 fully saturated rings. The van der Waals surface area contributed by atoms with Gasteiger partial charge in [0.25, 0.3) is 0 Å². The maximum Gasteiger partial charge on any atom is 0.169 e. The zero-order chi connectivity index (χ0) is 7.84. The van der Waals surface area contributed by atoms with Gasteiger partial charge in [-0.25, -0.2) is 0 Å². The van der Waals surface area contributed by atoms with Crippen LogP contribution in [-0.2, 0) is 13.0 Å². The predicted molar refractivity (Wildman–Crippen MR) is 46.4 cm³/mol. The molecule has 0 spiro atoms. The molecule has 0 N–H and O–H groups in total. The highest BCUT2D eigenvalue weighted by molar-refractivity contribution is 9.10. The van der Waals surface area contributed by atoms with Crippen LogP contribution in [0.3, 0.4) is 0 Å². The second-order valence-corrected chi connectivity index (χ2v) is 3.77. The van der Waals surface area contributed by atoms with E-state index in [1.807, 2.05) is 0 Å². The van der Waals surface area contributed by atoms with E-state index in [4.69, 9.17) is 4.42 Å². The van der Waals surface area contributed by atoms with Crippen molar-refractivity contribution >= 4 is 15.9 Å². The first-order chi connectivity index (χ1) is 5.25. The summed E-state index contributed by atoms with van der Waals surface area (Å²) in [4.78, 5) is 2.30. The molecule has 1 aromatic heterocycles. The Morgan fingerprint density at radius 2 is 2.45 bits per heavy atom. The number of furan rings is 1. The molecule has 0 radical (unpaired) electrons. The lowest BCUT2D eigenvalue weighted by atomic mass is 10.1. The standard InChI is InChI=1S/C8H10BrNO/c1-10-3-2-7-6(5-10)4-8(9)11-7/h4H,2-3,5H2,1H3. The largest absolute Gasteiger partial charge is 0.454 e. The lowest BCUT2D eigenvalue weighted by Crippen LogP contribution is -2.25. The van der Waals surface area contributed by atoms with Gasteiger partial charge >= 0.3 is 0 Å². The molecule has 1 aromatic rings. The van der Waals surface area contributed by atoms with E-state index in [0.717, 1.165) is 29.9 Å². The SMILES string of the molecule is CN1CCc2oc(Br)cc2C1. The van der Waals surface area contributed by atoms with Crippen molar-refractivity contribution in [2.75, 3.05) is 13.6 Å². The van der Waals surface area contributed by atoms with Crippen LogP contribution in [0.4, 0.5) is 0 Å². The van der Waals surface area contributed by atoms with Gasteiger partial charge in [0, 0.05) is 25.1 Å². The maximum atomic E-state index is 5.44. The van der Waals surface area contributed by atoms with Gasteiger partial charge in [-0.1, -0.05) is 0 Å². The Hall–Kier alpha value is -0.280. The number of rotatable bonds is 0. The van der Waals surface area contributed by atoms with Gasteiger partial charge < -0.3 is 9.32 Å². The molecule has 0 saturated carbocycles. The predicted octanol–water partition coefficient (Wildman–Crippen LogP) is 2.03. The molecule has 0 bridgehead atoms. The summed E-state index contributed by atoms with van der Waals surface area (Å²) in [5.74, 6) is 1.15. The molecule has 0 unspecified atom stereocenters. The summed E-state index contributed by atoms with van der Waals surface area (Å²) in [5, 5.41) is 0. The van der Waals surface area contributed by atoms with E-state index in [0.29, 0.717) is 0 Å². The van der Waals surface area contributed by atoms with Crippen LogP contribution in [0.2, 0.25) is 0 Å². The van der Waals surface area contributed by atoms with E-state index in [2.05, 4.69) is 33.9 Å². The van der Waals surface area contributed by atoms with Crippen molar-refractivity contribution in [1.82, 2.24) is 4.90 Å². The first kappa shape index (κ1) is 7.37. The molecule has 1 aliphatic rings. The molecule has 0 saturated heterocycles. The summed E-state index contributed by atoms with van der Waals surface area (Å²) in [6.45, 7) is 2.12. The fraction of sp³-hybridized carbons (Fsp3) is 0.500. The topological polar surface area (TPSA) is 16.4 Å². The van der Waals surface area contributed by atoms with Crippen LogP contribution in [0.15, 0.2) is 15.2 Å². The third-order valence-electron chi connectivity index (χ3n) is 2.03. The third kappa shape index (κ3) is 1.35. The van der Waals surface area contributed by atoms with Crippen LogP contribution in [0.25, 0.3) is 0 Å². The van der Waals surface area contributed by atoms with Gasteiger partial charge in [0.1, 0.15) is 5.76 Å². The normalized spacial score (nSPS) is 18.4. The summed E-state index contributed by atoms with van der Waals surface area (Å²) in [6, 6.07) is 2.06. The second kappa shape index (κ2) is 2.64. The number of hydrogen-bond acceptors (Lipinski definition) is 2. The average Bonchev–Trinajstić information content (AvgIpc) is 2.27. The van der Waals surface area contributed by atoms with E-state index in [-0.39, 0.29) is 0 Å². The number of hydrogen-bond donors (Lipinski definition) is 0. The number of halogens is 1. The van der Waals surface area contributed by atoms with Crippen LogP contribution in [-0.4, -0.2) is 18.5 Å².